The Morgan fingerprint density at radius 3 is 2.33 bits per heavy atom. The van der Waals surface area contributed by atoms with Crippen LogP contribution >= 0.6 is 0 Å². The summed E-state index contributed by atoms with van der Waals surface area (Å²) in [4.78, 5) is 39.2. The number of amides is 2. The normalized spacial score (nSPS) is 11.0. The van der Waals surface area contributed by atoms with Crippen LogP contribution in [0.15, 0.2) is 72.8 Å². The van der Waals surface area contributed by atoms with Crippen molar-refractivity contribution in [2.24, 2.45) is 0 Å². The van der Waals surface area contributed by atoms with Crippen molar-refractivity contribution in [3.8, 4) is 17.0 Å². The largest absolute Gasteiger partial charge is 0.427 e. The maximum atomic E-state index is 14.0. The van der Waals surface area contributed by atoms with Crippen LogP contribution in [0.25, 0.3) is 22.2 Å². The summed E-state index contributed by atoms with van der Waals surface area (Å²) in [6, 6.07) is 21.8. The Balaban J connectivity index is 1.46. The molecule has 1 heterocycles. The predicted molar refractivity (Wildman–Crippen MR) is 181 cm³/mol. The van der Waals surface area contributed by atoms with E-state index in [4.69, 9.17) is 4.74 Å². The van der Waals surface area contributed by atoms with E-state index >= 15 is 0 Å². The monoisotopic (exact) mass is 627 g/mol. The third-order valence-electron chi connectivity index (χ3n) is 8.20. The van der Waals surface area contributed by atoms with Gasteiger partial charge < -0.3 is 19.5 Å². The van der Waals surface area contributed by atoms with E-state index in [1.54, 1.807) is 24.3 Å². The summed E-state index contributed by atoms with van der Waals surface area (Å²) in [5, 5.41) is 3.88. The Kier molecular flexibility index (Phi) is 12.9. The number of hydrogen-bond donors (Lipinski definition) is 1. The standard InChI is InChI=1S/C38H46FN3O4/c1-4-5-24-41(3)37(45)16-12-7-6-8-13-23-40-36(44)26-34-33-25-32(46-28(2)43)21-22-35(33)42(27-29-14-10-9-11-15-29)38(34)30-17-19-31(39)20-18-30/h9-11,14-15,17-22,25H,4-8,12-13,16,23-24,26-27H2,1-3H3,(H,40,44). The zero-order valence-corrected chi connectivity index (χ0v) is 27.3. The number of esters is 1. The molecule has 0 spiro atoms. The molecule has 4 rings (SSSR count). The highest BCUT2D eigenvalue weighted by molar-refractivity contribution is 5.97. The third-order valence-corrected chi connectivity index (χ3v) is 8.20. The van der Waals surface area contributed by atoms with Gasteiger partial charge in [0.05, 0.1) is 12.1 Å². The van der Waals surface area contributed by atoms with E-state index < -0.39 is 5.97 Å². The molecule has 0 aliphatic rings. The zero-order chi connectivity index (χ0) is 32.9. The van der Waals surface area contributed by atoms with Gasteiger partial charge in [0.2, 0.25) is 11.8 Å². The fourth-order valence-electron chi connectivity index (χ4n) is 5.77. The summed E-state index contributed by atoms with van der Waals surface area (Å²) in [5.41, 5.74) is 4.37. The number of aromatic nitrogens is 1. The highest BCUT2D eigenvalue weighted by Crippen LogP contribution is 2.37. The highest BCUT2D eigenvalue weighted by atomic mass is 19.1. The number of rotatable bonds is 17. The van der Waals surface area contributed by atoms with Crippen molar-refractivity contribution in [1.29, 1.82) is 0 Å². The fourth-order valence-corrected chi connectivity index (χ4v) is 5.77. The molecular formula is C38H46FN3O4. The molecule has 7 nitrogen and oxygen atoms in total. The molecule has 0 saturated heterocycles. The molecule has 244 valence electrons. The van der Waals surface area contributed by atoms with Crippen LogP contribution in [0.5, 0.6) is 5.75 Å². The Bertz CT molecular complexity index is 1600. The topological polar surface area (TPSA) is 80.6 Å². The first-order chi connectivity index (χ1) is 22.3. The minimum absolute atomic E-state index is 0.110. The van der Waals surface area contributed by atoms with Gasteiger partial charge in [-0.25, -0.2) is 4.39 Å². The highest BCUT2D eigenvalue weighted by Gasteiger charge is 2.22. The van der Waals surface area contributed by atoms with Gasteiger partial charge in [-0.05, 0) is 78.4 Å². The summed E-state index contributed by atoms with van der Waals surface area (Å²) in [5.74, 6) is -0.256. The van der Waals surface area contributed by atoms with Crippen molar-refractivity contribution in [3.63, 3.8) is 0 Å². The molecule has 1 aromatic heterocycles. The van der Waals surface area contributed by atoms with Crippen molar-refractivity contribution in [2.45, 2.75) is 78.2 Å². The number of nitrogens with zero attached hydrogens (tertiary/aromatic N) is 2. The number of ether oxygens (including phenoxy) is 1. The first kappa shape index (κ1) is 34.4. The maximum absolute atomic E-state index is 14.0. The van der Waals surface area contributed by atoms with E-state index in [0.29, 0.717) is 25.3 Å². The number of unbranched alkanes of at least 4 members (excludes halogenated alkanes) is 5. The summed E-state index contributed by atoms with van der Waals surface area (Å²) in [6.45, 7) is 5.40. The molecule has 0 saturated carbocycles. The van der Waals surface area contributed by atoms with Gasteiger partial charge in [0, 0.05) is 50.9 Å². The van der Waals surface area contributed by atoms with Crippen LogP contribution in [-0.4, -0.2) is 47.4 Å². The smallest absolute Gasteiger partial charge is 0.308 e. The average molecular weight is 628 g/mol. The first-order valence-electron chi connectivity index (χ1n) is 16.4. The van der Waals surface area contributed by atoms with Gasteiger partial charge in [-0.3, -0.25) is 14.4 Å². The molecular weight excluding hydrogens is 581 g/mol. The molecule has 46 heavy (non-hydrogen) atoms. The van der Waals surface area contributed by atoms with Crippen LogP contribution < -0.4 is 10.1 Å². The quantitative estimate of drug-likeness (QED) is 0.0740. The van der Waals surface area contributed by atoms with E-state index in [0.717, 1.165) is 84.8 Å². The fraction of sp³-hybridized carbons (Fsp3) is 0.395. The lowest BCUT2D eigenvalue weighted by molar-refractivity contribution is -0.132. The van der Waals surface area contributed by atoms with Crippen LogP contribution in [0.3, 0.4) is 0 Å². The van der Waals surface area contributed by atoms with Gasteiger partial charge in [0.15, 0.2) is 0 Å². The van der Waals surface area contributed by atoms with Crippen LogP contribution in [0.1, 0.15) is 76.3 Å². The second-order valence-corrected chi connectivity index (χ2v) is 11.9. The molecule has 0 atom stereocenters. The number of benzene rings is 3. The lowest BCUT2D eigenvalue weighted by atomic mass is 10.0. The van der Waals surface area contributed by atoms with Gasteiger partial charge in [0.25, 0.3) is 0 Å². The minimum atomic E-state index is -0.424. The van der Waals surface area contributed by atoms with Gasteiger partial charge in [-0.2, -0.15) is 0 Å². The molecule has 2 amide bonds. The lowest BCUT2D eigenvalue weighted by Gasteiger charge is -2.16. The number of fused-ring (bicyclic) bond motifs is 1. The third kappa shape index (κ3) is 9.77. The Hall–Kier alpha value is -4.46. The molecule has 0 bridgehead atoms. The second kappa shape index (κ2) is 17.3. The Morgan fingerprint density at radius 1 is 0.891 bits per heavy atom. The molecule has 8 heteroatoms. The van der Waals surface area contributed by atoms with Gasteiger partial charge in [-0.15, -0.1) is 0 Å². The molecule has 4 aromatic rings. The predicted octanol–water partition coefficient (Wildman–Crippen LogP) is 7.68. The zero-order valence-electron chi connectivity index (χ0n) is 27.3. The number of nitrogens with one attached hydrogen (secondary N) is 1. The number of carbonyl (C=O) groups excluding carboxylic acids is 3. The molecule has 3 aromatic carbocycles. The first-order valence-corrected chi connectivity index (χ1v) is 16.4. The summed E-state index contributed by atoms with van der Waals surface area (Å²) in [7, 11) is 1.88. The average Bonchev–Trinajstić information content (AvgIpc) is 3.33. The lowest BCUT2D eigenvalue weighted by Crippen LogP contribution is -2.27. The van der Waals surface area contributed by atoms with Gasteiger partial charge in [0.1, 0.15) is 11.6 Å². The number of halogens is 1. The van der Waals surface area contributed by atoms with Crippen molar-refractivity contribution < 1.29 is 23.5 Å². The van der Waals surface area contributed by atoms with E-state index in [1.165, 1.54) is 19.1 Å². The van der Waals surface area contributed by atoms with Crippen LogP contribution in [0.4, 0.5) is 4.39 Å². The van der Waals surface area contributed by atoms with Gasteiger partial charge >= 0.3 is 5.97 Å². The van der Waals surface area contributed by atoms with Crippen molar-refractivity contribution in [2.75, 3.05) is 20.1 Å². The molecule has 0 aliphatic carbocycles. The molecule has 0 fully saturated rings. The van der Waals surface area contributed by atoms with Crippen LogP contribution in [0.2, 0.25) is 0 Å². The summed E-state index contributed by atoms with van der Waals surface area (Å²) >= 11 is 0. The molecule has 0 unspecified atom stereocenters. The molecule has 1 N–H and O–H groups in total. The van der Waals surface area contributed by atoms with Crippen molar-refractivity contribution >= 4 is 28.7 Å². The maximum Gasteiger partial charge on any atom is 0.308 e. The Labute approximate surface area is 271 Å². The van der Waals surface area contributed by atoms with Gasteiger partial charge in [-0.1, -0.05) is 62.9 Å². The number of hydrogen-bond acceptors (Lipinski definition) is 4. The van der Waals surface area contributed by atoms with E-state index in [2.05, 4.69) is 16.8 Å². The second-order valence-electron chi connectivity index (χ2n) is 11.9. The van der Waals surface area contributed by atoms with Crippen molar-refractivity contribution in [3.05, 3.63) is 89.7 Å². The van der Waals surface area contributed by atoms with Crippen molar-refractivity contribution in [1.82, 2.24) is 14.8 Å². The van der Waals surface area contributed by atoms with E-state index in [9.17, 15) is 18.8 Å². The minimum Gasteiger partial charge on any atom is -0.427 e. The van der Waals surface area contributed by atoms with E-state index in [-0.39, 0.29) is 24.1 Å². The van der Waals surface area contributed by atoms with Crippen LogP contribution in [0, 0.1) is 5.82 Å². The summed E-state index contributed by atoms with van der Waals surface area (Å²) < 4.78 is 21.5. The summed E-state index contributed by atoms with van der Waals surface area (Å²) in [6.07, 6.45) is 7.54. The molecule has 0 aliphatic heterocycles. The van der Waals surface area contributed by atoms with E-state index in [1.807, 2.05) is 48.3 Å². The van der Waals surface area contributed by atoms with Crippen LogP contribution in [-0.2, 0) is 27.3 Å². The number of carbonyl (C=O) groups is 3. The molecule has 0 radical (unpaired) electrons. The Morgan fingerprint density at radius 2 is 1.61 bits per heavy atom. The SMILES string of the molecule is CCCCN(C)C(=O)CCCCCCCNC(=O)Cc1c(-c2ccc(F)cc2)n(Cc2ccccc2)c2ccc(OC(C)=O)cc12.